The monoisotopic (exact) mass is 255 g/mol. The third-order valence-electron chi connectivity index (χ3n) is 3.80. The molecule has 102 valence electrons. The second-order valence-electron chi connectivity index (χ2n) is 5.20. The van der Waals surface area contributed by atoms with E-state index in [-0.39, 0.29) is 11.9 Å². The van der Waals surface area contributed by atoms with Crippen LogP contribution in [-0.4, -0.2) is 78.1 Å². The van der Waals surface area contributed by atoms with E-state index >= 15 is 0 Å². The summed E-state index contributed by atoms with van der Waals surface area (Å²) in [6, 6.07) is 0.00838. The van der Waals surface area contributed by atoms with Crippen LogP contribution in [0.3, 0.4) is 0 Å². The Kier molecular flexibility index (Phi) is 4.06. The molecule has 0 spiro atoms. The zero-order valence-corrected chi connectivity index (χ0v) is 10.8. The lowest BCUT2D eigenvalue weighted by atomic mass is 10.1. The third-order valence-corrected chi connectivity index (χ3v) is 3.80. The van der Waals surface area contributed by atoms with E-state index in [0.717, 1.165) is 32.6 Å². The van der Waals surface area contributed by atoms with Crippen LogP contribution in [0.2, 0.25) is 0 Å². The highest BCUT2D eigenvalue weighted by Gasteiger charge is 2.33. The van der Waals surface area contributed by atoms with Crippen molar-refractivity contribution in [2.75, 3.05) is 46.3 Å². The van der Waals surface area contributed by atoms with Crippen molar-refractivity contribution in [1.29, 1.82) is 0 Å². The molecule has 0 bridgehead atoms. The lowest BCUT2D eigenvalue weighted by Crippen LogP contribution is -2.43. The summed E-state index contributed by atoms with van der Waals surface area (Å²) in [7, 11) is 2.06. The van der Waals surface area contributed by atoms with Crippen molar-refractivity contribution in [3.05, 3.63) is 0 Å². The van der Waals surface area contributed by atoms with Gasteiger partial charge in [0, 0.05) is 32.7 Å². The summed E-state index contributed by atoms with van der Waals surface area (Å²) in [4.78, 5) is 28.9. The Morgan fingerprint density at radius 2 is 1.83 bits per heavy atom. The van der Waals surface area contributed by atoms with Gasteiger partial charge in [-0.2, -0.15) is 0 Å². The topological polar surface area (TPSA) is 64.1 Å². The molecular weight excluding hydrogens is 234 g/mol. The van der Waals surface area contributed by atoms with Gasteiger partial charge in [0.15, 0.2) is 0 Å². The molecule has 0 aromatic rings. The van der Waals surface area contributed by atoms with Crippen molar-refractivity contribution in [2.24, 2.45) is 5.92 Å². The number of likely N-dealkylation sites (N-methyl/N-ethyl adjacent to an activating group) is 1. The molecule has 0 radical (unpaired) electrons. The second-order valence-corrected chi connectivity index (χ2v) is 5.20. The molecular formula is C12H21N3O3. The van der Waals surface area contributed by atoms with Crippen molar-refractivity contribution in [3.8, 4) is 0 Å². The number of likely N-dealkylation sites (tertiary alicyclic amines) is 1. The fourth-order valence-electron chi connectivity index (χ4n) is 2.57. The van der Waals surface area contributed by atoms with Crippen LogP contribution in [0.15, 0.2) is 0 Å². The normalized spacial score (nSPS) is 26.2. The molecule has 2 amide bonds. The van der Waals surface area contributed by atoms with Crippen LogP contribution < -0.4 is 0 Å². The summed E-state index contributed by atoms with van der Waals surface area (Å²) in [5.74, 6) is -1.18. The summed E-state index contributed by atoms with van der Waals surface area (Å²) >= 11 is 0. The smallest absolute Gasteiger partial charge is 0.320 e. The van der Waals surface area contributed by atoms with Gasteiger partial charge in [-0.25, -0.2) is 4.79 Å². The standard InChI is InChI=1S/C12H21N3O3/c1-13-4-2-5-14(8-7-13)12(18)15-6-3-10(9-15)11(16)17/h10H,2-9H2,1H3,(H,16,17). The number of urea groups is 1. The highest BCUT2D eigenvalue weighted by Crippen LogP contribution is 2.18. The van der Waals surface area contributed by atoms with E-state index in [1.165, 1.54) is 0 Å². The lowest BCUT2D eigenvalue weighted by molar-refractivity contribution is -0.141. The van der Waals surface area contributed by atoms with Gasteiger partial charge in [0.25, 0.3) is 0 Å². The number of carboxylic acid groups (broad SMARTS) is 1. The summed E-state index contributed by atoms with van der Waals surface area (Å²) in [5, 5.41) is 8.94. The number of carboxylic acids is 1. The van der Waals surface area contributed by atoms with Crippen molar-refractivity contribution in [3.63, 3.8) is 0 Å². The highest BCUT2D eigenvalue weighted by molar-refractivity contribution is 5.77. The number of carbonyl (C=O) groups excluding carboxylic acids is 1. The van der Waals surface area contributed by atoms with Gasteiger partial charge in [-0.15, -0.1) is 0 Å². The summed E-state index contributed by atoms with van der Waals surface area (Å²) in [6.07, 6.45) is 1.56. The number of hydrogen-bond acceptors (Lipinski definition) is 3. The van der Waals surface area contributed by atoms with Gasteiger partial charge in [-0.3, -0.25) is 4.79 Å². The van der Waals surface area contributed by atoms with Crippen LogP contribution >= 0.6 is 0 Å². The summed E-state index contributed by atoms with van der Waals surface area (Å²) in [5.41, 5.74) is 0. The van der Waals surface area contributed by atoms with Crippen LogP contribution in [0.4, 0.5) is 4.79 Å². The molecule has 6 heteroatoms. The molecule has 18 heavy (non-hydrogen) atoms. The highest BCUT2D eigenvalue weighted by atomic mass is 16.4. The molecule has 0 aromatic carbocycles. The molecule has 2 saturated heterocycles. The molecule has 2 fully saturated rings. The Bertz CT molecular complexity index is 335. The molecule has 0 aliphatic carbocycles. The van der Waals surface area contributed by atoms with Crippen LogP contribution in [-0.2, 0) is 4.79 Å². The van der Waals surface area contributed by atoms with Crippen molar-refractivity contribution >= 4 is 12.0 Å². The Balaban J connectivity index is 1.89. The quantitative estimate of drug-likeness (QED) is 0.724. The summed E-state index contributed by atoms with van der Waals surface area (Å²) < 4.78 is 0. The number of rotatable bonds is 1. The molecule has 0 aromatic heterocycles. The maximum atomic E-state index is 12.3. The van der Waals surface area contributed by atoms with Crippen LogP contribution in [0, 0.1) is 5.92 Å². The van der Waals surface area contributed by atoms with Crippen molar-refractivity contribution in [1.82, 2.24) is 14.7 Å². The Morgan fingerprint density at radius 3 is 2.50 bits per heavy atom. The molecule has 1 atom stereocenters. The van der Waals surface area contributed by atoms with Crippen LogP contribution in [0.25, 0.3) is 0 Å². The van der Waals surface area contributed by atoms with E-state index in [4.69, 9.17) is 5.11 Å². The first-order valence-electron chi connectivity index (χ1n) is 6.53. The largest absolute Gasteiger partial charge is 0.481 e. The molecule has 2 rings (SSSR count). The van der Waals surface area contributed by atoms with E-state index in [2.05, 4.69) is 11.9 Å². The van der Waals surface area contributed by atoms with E-state index in [1.54, 1.807) is 4.90 Å². The number of nitrogens with zero attached hydrogens (tertiary/aromatic N) is 3. The maximum Gasteiger partial charge on any atom is 0.320 e. The average Bonchev–Trinajstić information content (AvgIpc) is 2.73. The first-order chi connectivity index (χ1) is 8.58. The Labute approximate surface area is 107 Å². The fourth-order valence-corrected chi connectivity index (χ4v) is 2.57. The third kappa shape index (κ3) is 2.93. The minimum absolute atomic E-state index is 0.00838. The lowest BCUT2D eigenvalue weighted by Gasteiger charge is -2.26. The van der Waals surface area contributed by atoms with E-state index in [1.807, 2.05) is 4.90 Å². The van der Waals surface area contributed by atoms with Gasteiger partial charge in [0.2, 0.25) is 0 Å². The Hall–Kier alpha value is -1.30. The molecule has 0 saturated carbocycles. The molecule has 2 heterocycles. The van der Waals surface area contributed by atoms with Gasteiger partial charge in [-0.1, -0.05) is 0 Å². The van der Waals surface area contributed by atoms with E-state index < -0.39 is 5.97 Å². The van der Waals surface area contributed by atoms with E-state index in [0.29, 0.717) is 19.5 Å². The first kappa shape index (κ1) is 13.1. The molecule has 2 aliphatic rings. The molecule has 6 nitrogen and oxygen atoms in total. The second kappa shape index (κ2) is 5.56. The minimum Gasteiger partial charge on any atom is -0.481 e. The zero-order chi connectivity index (χ0) is 13.1. The number of aliphatic carboxylic acids is 1. The molecule has 2 aliphatic heterocycles. The number of hydrogen-bond donors (Lipinski definition) is 1. The van der Waals surface area contributed by atoms with Crippen molar-refractivity contribution < 1.29 is 14.7 Å². The van der Waals surface area contributed by atoms with Crippen molar-refractivity contribution in [2.45, 2.75) is 12.8 Å². The summed E-state index contributed by atoms with van der Waals surface area (Å²) in [6.45, 7) is 4.35. The minimum atomic E-state index is -0.791. The van der Waals surface area contributed by atoms with Gasteiger partial charge in [-0.05, 0) is 26.4 Å². The molecule has 1 N–H and O–H groups in total. The maximum absolute atomic E-state index is 12.3. The first-order valence-corrected chi connectivity index (χ1v) is 6.53. The van der Waals surface area contributed by atoms with Gasteiger partial charge in [0.1, 0.15) is 0 Å². The van der Waals surface area contributed by atoms with Gasteiger partial charge < -0.3 is 19.8 Å². The van der Waals surface area contributed by atoms with E-state index in [9.17, 15) is 9.59 Å². The van der Waals surface area contributed by atoms with Crippen LogP contribution in [0.5, 0.6) is 0 Å². The fraction of sp³-hybridized carbons (Fsp3) is 0.833. The Morgan fingerprint density at radius 1 is 1.06 bits per heavy atom. The van der Waals surface area contributed by atoms with Gasteiger partial charge in [0.05, 0.1) is 5.92 Å². The van der Waals surface area contributed by atoms with Crippen LogP contribution in [0.1, 0.15) is 12.8 Å². The predicted octanol–water partition coefficient (Wildman–Crippen LogP) is 0.150. The SMILES string of the molecule is CN1CCCN(C(=O)N2CCC(C(=O)O)C2)CC1. The molecule has 1 unspecified atom stereocenters. The number of amides is 2. The van der Waals surface area contributed by atoms with Gasteiger partial charge >= 0.3 is 12.0 Å². The zero-order valence-electron chi connectivity index (χ0n) is 10.8. The number of carbonyl (C=O) groups is 2. The predicted molar refractivity (Wildman–Crippen MR) is 66.4 cm³/mol. The average molecular weight is 255 g/mol.